The fourth-order valence-corrected chi connectivity index (χ4v) is 4.43. The smallest absolute Gasteiger partial charge is 0.164 e. The largest absolute Gasteiger partial charge is 0.493 e. The summed E-state index contributed by atoms with van der Waals surface area (Å²) in [5, 5.41) is 3.48. The molecule has 1 saturated heterocycles. The van der Waals surface area contributed by atoms with Crippen LogP contribution in [-0.4, -0.2) is 45.3 Å². The van der Waals surface area contributed by atoms with Gasteiger partial charge in [-0.1, -0.05) is 36.8 Å². The van der Waals surface area contributed by atoms with E-state index in [0.717, 1.165) is 43.2 Å². The van der Waals surface area contributed by atoms with E-state index in [1.807, 2.05) is 24.3 Å². The van der Waals surface area contributed by atoms with E-state index in [4.69, 9.17) is 14.2 Å². The predicted molar refractivity (Wildman–Crippen MR) is 115 cm³/mol. The fraction of sp³-hybridized carbons (Fsp3) is 0.500. The second-order valence-corrected chi connectivity index (χ2v) is 7.94. The molecule has 1 aliphatic heterocycles. The summed E-state index contributed by atoms with van der Waals surface area (Å²) in [6.07, 6.45) is 3.88. The van der Waals surface area contributed by atoms with E-state index < -0.39 is 0 Å². The molecule has 5 nitrogen and oxygen atoms in total. The van der Waals surface area contributed by atoms with E-state index in [1.54, 1.807) is 14.2 Å². The van der Waals surface area contributed by atoms with Crippen molar-refractivity contribution in [2.75, 3.05) is 40.4 Å². The lowest BCUT2D eigenvalue weighted by Gasteiger charge is -2.43. The molecule has 2 aliphatic rings. The monoisotopic (exact) mass is 396 g/mol. The minimum atomic E-state index is 0.358. The first-order valence-electron chi connectivity index (χ1n) is 10.7. The molecule has 29 heavy (non-hydrogen) atoms. The summed E-state index contributed by atoms with van der Waals surface area (Å²) in [4.78, 5) is 2.62. The summed E-state index contributed by atoms with van der Waals surface area (Å²) in [6, 6.07) is 14.8. The van der Waals surface area contributed by atoms with Gasteiger partial charge in [-0.05, 0) is 30.4 Å². The first-order chi connectivity index (χ1) is 14.3. The Balaban J connectivity index is 1.69. The quantitative estimate of drug-likeness (QED) is 0.730. The van der Waals surface area contributed by atoms with Crippen LogP contribution in [0.2, 0.25) is 0 Å². The molecular formula is C24H32N2O3. The summed E-state index contributed by atoms with van der Waals surface area (Å²) in [5.74, 6) is 3.06. The first-order valence-corrected chi connectivity index (χ1v) is 10.7. The average molecular weight is 397 g/mol. The van der Waals surface area contributed by atoms with Gasteiger partial charge < -0.3 is 19.5 Å². The molecule has 156 valence electrons. The van der Waals surface area contributed by atoms with Gasteiger partial charge in [-0.25, -0.2) is 0 Å². The molecule has 2 fully saturated rings. The van der Waals surface area contributed by atoms with Crippen molar-refractivity contribution in [2.24, 2.45) is 5.92 Å². The molecule has 0 unspecified atom stereocenters. The lowest BCUT2D eigenvalue weighted by atomic mass is 9.76. The SMILES string of the molecule is COc1cc(OCc2ccccc2)c([C@H](C2CCC2)N2CCNCC2)cc1OC. The van der Waals surface area contributed by atoms with Crippen molar-refractivity contribution in [1.29, 1.82) is 0 Å². The predicted octanol–water partition coefficient (Wildman–Crippen LogP) is 4.03. The number of piperazine rings is 1. The molecule has 2 aromatic carbocycles. The maximum Gasteiger partial charge on any atom is 0.164 e. The molecule has 1 aliphatic carbocycles. The van der Waals surface area contributed by atoms with Crippen LogP contribution in [0.25, 0.3) is 0 Å². The Labute approximate surface area is 174 Å². The molecule has 0 radical (unpaired) electrons. The van der Waals surface area contributed by atoms with E-state index in [9.17, 15) is 0 Å². The van der Waals surface area contributed by atoms with Crippen molar-refractivity contribution in [3.05, 3.63) is 53.6 Å². The number of hydrogen-bond acceptors (Lipinski definition) is 5. The van der Waals surface area contributed by atoms with Crippen LogP contribution in [0.15, 0.2) is 42.5 Å². The van der Waals surface area contributed by atoms with E-state index >= 15 is 0 Å². The van der Waals surface area contributed by atoms with Gasteiger partial charge in [0.25, 0.3) is 0 Å². The van der Waals surface area contributed by atoms with Crippen LogP contribution in [0.4, 0.5) is 0 Å². The maximum atomic E-state index is 6.38. The van der Waals surface area contributed by atoms with E-state index in [-0.39, 0.29) is 0 Å². The number of rotatable bonds is 8. The first kappa shape index (κ1) is 20.0. The van der Waals surface area contributed by atoms with Crippen molar-refractivity contribution in [1.82, 2.24) is 10.2 Å². The Bertz CT molecular complexity index is 786. The minimum Gasteiger partial charge on any atom is -0.493 e. The lowest BCUT2D eigenvalue weighted by Crippen LogP contribution is -2.47. The van der Waals surface area contributed by atoms with Gasteiger partial charge in [0.2, 0.25) is 0 Å². The normalized spacial score (nSPS) is 18.7. The van der Waals surface area contributed by atoms with Crippen molar-refractivity contribution in [3.63, 3.8) is 0 Å². The van der Waals surface area contributed by atoms with Crippen LogP contribution in [0.3, 0.4) is 0 Å². The zero-order valence-electron chi connectivity index (χ0n) is 17.5. The highest BCUT2D eigenvalue weighted by Gasteiger charge is 2.36. The highest BCUT2D eigenvalue weighted by Crippen LogP contribution is 2.47. The molecule has 4 rings (SSSR count). The van der Waals surface area contributed by atoms with Crippen LogP contribution in [-0.2, 0) is 6.61 Å². The number of methoxy groups -OCH3 is 2. The summed E-state index contributed by atoms with van der Waals surface area (Å²) in [5.41, 5.74) is 2.39. The van der Waals surface area contributed by atoms with Gasteiger partial charge in [-0.3, -0.25) is 4.90 Å². The molecule has 0 bridgehead atoms. The Morgan fingerprint density at radius 1 is 0.966 bits per heavy atom. The van der Waals surface area contributed by atoms with E-state index in [0.29, 0.717) is 24.3 Å². The summed E-state index contributed by atoms with van der Waals surface area (Å²) in [7, 11) is 3.38. The van der Waals surface area contributed by atoms with Crippen LogP contribution in [0.5, 0.6) is 17.2 Å². The van der Waals surface area contributed by atoms with Crippen molar-refractivity contribution in [2.45, 2.75) is 31.9 Å². The Morgan fingerprint density at radius 2 is 1.66 bits per heavy atom. The van der Waals surface area contributed by atoms with Gasteiger partial charge in [0.15, 0.2) is 11.5 Å². The van der Waals surface area contributed by atoms with E-state index in [1.165, 1.54) is 24.8 Å². The second kappa shape index (κ2) is 9.51. The molecular weight excluding hydrogens is 364 g/mol. The number of hydrogen-bond donors (Lipinski definition) is 1. The summed E-state index contributed by atoms with van der Waals surface area (Å²) in [6.45, 7) is 4.75. The number of benzene rings is 2. The number of nitrogens with zero attached hydrogens (tertiary/aromatic N) is 1. The molecule has 0 spiro atoms. The van der Waals surface area contributed by atoms with Crippen molar-refractivity contribution >= 4 is 0 Å². The lowest BCUT2D eigenvalue weighted by molar-refractivity contribution is 0.0807. The van der Waals surface area contributed by atoms with Gasteiger partial charge in [0, 0.05) is 43.9 Å². The molecule has 0 amide bonds. The van der Waals surface area contributed by atoms with Gasteiger partial charge in [0.05, 0.1) is 14.2 Å². The highest BCUT2D eigenvalue weighted by molar-refractivity contribution is 5.52. The molecule has 1 N–H and O–H groups in total. The second-order valence-electron chi connectivity index (χ2n) is 7.94. The summed E-state index contributed by atoms with van der Waals surface area (Å²) >= 11 is 0. The topological polar surface area (TPSA) is 43.0 Å². The van der Waals surface area contributed by atoms with Gasteiger partial charge in [-0.15, -0.1) is 0 Å². The molecule has 2 aromatic rings. The maximum absolute atomic E-state index is 6.38. The third kappa shape index (κ3) is 4.51. The Kier molecular flexibility index (Phi) is 6.57. The minimum absolute atomic E-state index is 0.358. The average Bonchev–Trinajstić information content (AvgIpc) is 2.75. The molecule has 1 heterocycles. The van der Waals surface area contributed by atoms with Gasteiger partial charge in [-0.2, -0.15) is 0 Å². The molecule has 0 aromatic heterocycles. The van der Waals surface area contributed by atoms with E-state index in [2.05, 4.69) is 28.4 Å². The summed E-state index contributed by atoms with van der Waals surface area (Å²) < 4.78 is 17.6. The van der Waals surface area contributed by atoms with Crippen LogP contribution in [0.1, 0.15) is 36.4 Å². The van der Waals surface area contributed by atoms with Crippen LogP contribution < -0.4 is 19.5 Å². The fourth-order valence-electron chi connectivity index (χ4n) is 4.43. The van der Waals surface area contributed by atoms with Crippen molar-refractivity contribution < 1.29 is 14.2 Å². The number of ether oxygens (including phenoxy) is 3. The zero-order valence-corrected chi connectivity index (χ0v) is 17.5. The zero-order chi connectivity index (χ0) is 20.1. The van der Waals surface area contributed by atoms with Crippen molar-refractivity contribution in [3.8, 4) is 17.2 Å². The van der Waals surface area contributed by atoms with Crippen LogP contribution >= 0.6 is 0 Å². The standard InChI is InChI=1S/C24H32N2O3/c1-27-22-15-20(24(19-9-6-10-19)26-13-11-25-12-14-26)21(16-23(22)28-2)29-17-18-7-4-3-5-8-18/h3-5,7-8,15-16,19,24-25H,6,9-14,17H2,1-2H3/t24-/m0/s1. The molecule has 5 heteroatoms. The Morgan fingerprint density at radius 3 is 2.28 bits per heavy atom. The molecule has 1 atom stereocenters. The van der Waals surface area contributed by atoms with Gasteiger partial charge >= 0.3 is 0 Å². The van der Waals surface area contributed by atoms with Gasteiger partial charge in [0.1, 0.15) is 12.4 Å². The third-order valence-corrected chi connectivity index (χ3v) is 6.21. The Hall–Kier alpha value is -2.24. The molecule has 1 saturated carbocycles. The third-order valence-electron chi connectivity index (χ3n) is 6.21. The highest BCUT2D eigenvalue weighted by atomic mass is 16.5. The van der Waals surface area contributed by atoms with Crippen LogP contribution in [0, 0.1) is 5.92 Å². The number of nitrogens with one attached hydrogen (secondary N) is 1.